The molecule has 0 aliphatic carbocycles. The predicted molar refractivity (Wildman–Crippen MR) is 44.1 cm³/mol. The lowest BCUT2D eigenvalue weighted by molar-refractivity contribution is 0.0997. The summed E-state index contributed by atoms with van der Waals surface area (Å²) in [6, 6.07) is 0. The molecule has 0 aromatic carbocycles. The van der Waals surface area contributed by atoms with Gasteiger partial charge in [-0.05, 0) is 6.92 Å². The van der Waals surface area contributed by atoms with Crippen LogP contribution in [-0.4, -0.2) is 15.5 Å². The quantitative estimate of drug-likeness (QED) is 0.529. The molecule has 0 fully saturated rings. The maximum absolute atomic E-state index is 10.7. The molecule has 6 heteroatoms. The summed E-state index contributed by atoms with van der Waals surface area (Å²) >= 11 is 0. The Morgan fingerprint density at radius 2 is 2.33 bits per heavy atom. The van der Waals surface area contributed by atoms with Crippen molar-refractivity contribution in [3.05, 3.63) is 12.0 Å². The smallest absolute Gasteiger partial charge is 0.271 e. The van der Waals surface area contributed by atoms with Gasteiger partial charge in [-0.3, -0.25) is 4.79 Å². The summed E-state index contributed by atoms with van der Waals surface area (Å²) < 4.78 is 1.47. The number of rotatable bonds is 2. The highest BCUT2D eigenvalue weighted by atomic mass is 16.1. The van der Waals surface area contributed by atoms with Gasteiger partial charge in [0.1, 0.15) is 5.82 Å². The van der Waals surface area contributed by atoms with Gasteiger partial charge in [0, 0.05) is 0 Å². The Hall–Kier alpha value is -1.56. The van der Waals surface area contributed by atoms with E-state index in [2.05, 4.69) is 4.98 Å². The van der Waals surface area contributed by atoms with Crippen LogP contribution >= 0.6 is 0 Å². The Morgan fingerprint density at radius 3 is 2.58 bits per heavy atom. The van der Waals surface area contributed by atoms with Gasteiger partial charge in [-0.1, -0.05) is 0 Å². The van der Waals surface area contributed by atoms with Crippen LogP contribution in [0, 0.1) is 0 Å². The minimum absolute atomic E-state index is 0.0623. The van der Waals surface area contributed by atoms with Crippen molar-refractivity contribution in [3.8, 4) is 0 Å². The fourth-order valence-corrected chi connectivity index (χ4v) is 0.885. The lowest BCUT2D eigenvalue weighted by Gasteiger charge is -2.07. The molecule has 1 heterocycles. The van der Waals surface area contributed by atoms with E-state index in [0.717, 1.165) is 0 Å². The summed E-state index contributed by atoms with van der Waals surface area (Å²) in [7, 11) is 0. The summed E-state index contributed by atoms with van der Waals surface area (Å²) in [6.07, 6.45) is 1.07. The first-order valence-electron chi connectivity index (χ1n) is 3.41. The Balaban J connectivity index is 3.13. The molecule has 0 saturated heterocycles. The van der Waals surface area contributed by atoms with Gasteiger partial charge in [-0.2, -0.15) is 0 Å². The minimum Gasteiger partial charge on any atom is -0.383 e. The van der Waals surface area contributed by atoms with E-state index in [0.29, 0.717) is 0 Å². The number of aromatic nitrogens is 2. The van der Waals surface area contributed by atoms with Gasteiger partial charge in [0.15, 0.2) is 5.69 Å². The SMILES string of the molecule is C[C@H](N)n1cnc(C(N)=O)c1N. The standard InChI is InChI=1S/C6H11N5O/c1-3(7)11-2-10-4(5(11)8)6(9)12/h2-3H,7-8H2,1H3,(H2,9,12)/t3-/m1/s1. The minimum atomic E-state index is -0.646. The molecule has 0 aliphatic heterocycles. The van der Waals surface area contributed by atoms with Crippen LogP contribution in [0.1, 0.15) is 23.6 Å². The van der Waals surface area contributed by atoms with E-state index in [9.17, 15) is 4.79 Å². The second kappa shape index (κ2) is 2.82. The van der Waals surface area contributed by atoms with E-state index < -0.39 is 5.91 Å². The molecule has 1 aromatic heterocycles. The van der Waals surface area contributed by atoms with Crippen LogP contribution in [0.3, 0.4) is 0 Å². The highest BCUT2D eigenvalue weighted by Gasteiger charge is 2.13. The van der Waals surface area contributed by atoms with Crippen molar-refractivity contribution in [3.63, 3.8) is 0 Å². The second-order valence-electron chi connectivity index (χ2n) is 2.49. The van der Waals surface area contributed by atoms with Crippen LogP contribution in [0.2, 0.25) is 0 Å². The molecule has 12 heavy (non-hydrogen) atoms. The van der Waals surface area contributed by atoms with Crippen LogP contribution in [0.25, 0.3) is 0 Å². The van der Waals surface area contributed by atoms with Crippen LogP contribution in [0.15, 0.2) is 6.33 Å². The largest absolute Gasteiger partial charge is 0.383 e. The highest BCUT2D eigenvalue weighted by molar-refractivity contribution is 5.95. The first-order chi connectivity index (χ1) is 5.54. The molecule has 1 atom stereocenters. The molecule has 1 amide bonds. The number of carbonyl (C=O) groups is 1. The molecule has 6 N–H and O–H groups in total. The van der Waals surface area contributed by atoms with E-state index in [4.69, 9.17) is 17.2 Å². The third kappa shape index (κ3) is 1.24. The number of anilines is 1. The summed E-state index contributed by atoms with van der Waals surface area (Å²) in [5, 5.41) is 0. The Kier molecular flexibility index (Phi) is 2.01. The lowest BCUT2D eigenvalue weighted by Crippen LogP contribution is -2.18. The Labute approximate surface area is 69.3 Å². The number of hydrogen-bond donors (Lipinski definition) is 3. The number of imidazole rings is 1. The van der Waals surface area contributed by atoms with Gasteiger partial charge in [-0.15, -0.1) is 0 Å². The zero-order valence-corrected chi connectivity index (χ0v) is 6.69. The highest BCUT2D eigenvalue weighted by Crippen LogP contribution is 2.11. The number of primary amides is 1. The van der Waals surface area contributed by atoms with E-state index in [1.807, 2.05) is 0 Å². The molecule has 0 bridgehead atoms. The second-order valence-corrected chi connectivity index (χ2v) is 2.49. The fraction of sp³-hybridized carbons (Fsp3) is 0.333. The van der Waals surface area contributed by atoms with Crippen LogP contribution < -0.4 is 17.2 Å². The van der Waals surface area contributed by atoms with Gasteiger partial charge in [0.05, 0.1) is 12.5 Å². The molecule has 66 valence electrons. The average Bonchev–Trinajstić information content (AvgIpc) is 2.30. The first kappa shape index (κ1) is 8.54. The van der Waals surface area contributed by atoms with Crippen molar-refractivity contribution in [1.29, 1.82) is 0 Å². The molecule has 0 saturated carbocycles. The number of nitrogens with two attached hydrogens (primary N) is 3. The number of nitrogens with zero attached hydrogens (tertiary/aromatic N) is 2. The van der Waals surface area contributed by atoms with Gasteiger partial charge >= 0.3 is 0 Å². The van der Waals surface area contributed by atoms with Gasteiger partial charge in [0.25, 0.3) is 5.91 Å². The van der Waals surface area contributed by atoms with Crippen molar-refractivity contribution in [2.75, 3.05) is 5.73 Å². The lowest BCUT2D eigenvalue weighted by atomic mass is 10.4. The molecular weight excluding hydrogens is 158 g/mol. The molecule has 0 unspecified atom stereocenters. The van der Waals surface area contributed by atoms with Crippen LogP contribution in [0.4, 0.5) is 5.82 Å². The van der Waals surface area contributed by atoms with Crippen LogP contribution in [-0.2, 0) is 0 Å². The third-order valence-electron chi connectivity index (χ3n) is 1.50. The molecule has 6 nitrogen and oxygen atoms in total. The van der Waals surface area contributed by atoms with Gasteiger partial charge in [-0.25, -0.2) is 4.98 Å². The number of carbonyl (C=O) groups excluding carboxylic acids is 1. The van der Waals surface area contributed by atoms with E-state index in [-0.39, 0.29) is 17.7 Å². The number of amides is 1. The molecule has 0 radical (unpaired) electrons. The summed E-state index contributed by atoms with van der Waals surface area (Å²) in [5.74, 6) is -0.440. The van der Waals surface area contributed by atoms with Crippen LogP contribution in [0.5, 0.6) is 0 Å². The fourth-order valence-electron chi connectivity index (χ4n) is 0.885. The number of hydrogen-bond acceptors (Lipinski definition) is 4. The Bertz CT molecular complexity index is 303. The maximum atomic E-state index is 10.7. The van der Waals surface area contributed by atoms with Crippen molar-refractivity contribution in [2.45, 2.75) is 13.1 Å². The summed E-state index contributed by atoms with van der Waals surface area (Å²) in [5.41, 5.74) is 16.1. The number of nitrogen functional groups attached to an aromatic ring is 1. The molecule has 0 aliphatic rings. The topological polar surface area (TPSA) is 113 Å². The first-order valence-corrected chi connectivity index (χ1v) is 3.41. The third-order valence-corrected chi connectivity index (χ3v) is 1.50. The van der Waals surface area contributed by atoms with Gasteiger partial charge in [0.2, 0.25) is 0 Å². The van der Waals surface area contributed by atoms with Crippen molar-refractivity contribution < 1.29 is 4.79 Å². The van der Waals surface area contributed by atoms with Gasteiger partial charge < -0.3 is 21.8 Å². The summed E-state index contributed by atoms with van der Waals surface area (Å²) in [4.78, 5) is 14.4. The molecule has 0 spiro atoms. The monoisotopic (exact) mass is 169 g/mol. The summed E-state index contributed by atoms with van der Waals surface area (Å²) in [6.45, 7) is 1.73. The maximum Gasteiger partial charge on any atom is 0.271 e. The average molecular weight is 169 g/mol. The van der Waals surface area contributed by atoms with Crippen molar-refractivity contribution in [2.24, 2.45) is 11.5 Å². The molecular formula is C6H11N5O. The Morgan fingerprint density at radius 1 is 1.75 bits per heavy atom. The van der Waals surface area contributed by atoms with E-state index >= 15 is 0 Å². The zero-order chi connectivity index (χ0) is 9.30. The van der Waals surface area contributed by atoms with E-state index in [1.165, 1.54) is 10.9 Å². The molecule has 1 aromatic rings. The normalized spacial score (nSPS) is 12.8. The van der Waals surface area contributed by atoms with Crippen molar-refractivity contribution in [1.82, 2.24) is 9.55 Å². The van der Waals surface area contributed by atoms with E-state index in [1.54, 1.807) is 6.92 Å². The van der Waals surface area contributed by atoms with Crippen molar-refractivity contribution >= 4 is 11.7 Å². The molecule has 1 rings (SSSR count). The zero-order valence-electron chi connectivity index (χ0n) is 6.69. The predicted octanol–water partition coefficient (Wildman–Crippen LogP) is -0.959.